The number of nitrogen functional groups attached to an aromatic ring is 1. The summed E-state index contributed by atoms with van der Waals surface area (Å²) < 4.78 is 5.05. The lowest BCUT2D eigenvalue weighted by atomic mass is 10.1. The molecule has 1 heterocycles. The Balaban J connectivity index is 2.44. The molecule has 20 heavy (non-hydrogen) atoms. The molecule has 7 nitrogen and oxygen atoms in total. The molecule has 0 saturated carbocycles. The van der Waals surface area contributed by atoms with Gasteiger partial charge in [0.25, 0.3) is 0 Å². The van der Waals surface area contributed by atoms with Gasteiger partial charge in [-0.3, -0.25) is 5.43 Å². The summed E-state index contributed by atoms with van der Waals surface area (Å²) in [5.41, 5.74) is 5.75. The number of anilines is 3. The highest BCUT2D eigenvalue weighted by atomic mass is 16.5. The normalized spacial score (nSPS) is 10.2. The molecule has 0 fully saturated rings. The van der Waals surface area contributed by atoms with E-state index in [9.17, 15) is 0 Å². The smallest absolute Gasteiger partial charge is 0.322 e. The van der Waals surface area contributed by atoms with Gasteiger partial charge in [0.15, 0.2) is 0 Å². The topological polar surface area (TPSA) is 89.2 Å². The van der Waals surface area contributed by atoms with E-state index in [1.807, 2.05) is 31.0 Å². The Morgan fingerprint density at radius 2 is 1.95 bits per heavy atom. The summed E-state index contributed by atoms with van der Waals surface area (Å²) in [6, 6.07) is 6.38. The Morgan fingerprint density at radius 1 is 1.20 bits per heavy atom. The number of methoxy groups -OCH3 is 1. The second-order valence-electron chi connectivity index (χ2n) is 4.44. The first-order chi connectivity index (χ1) is 9.55. The Morgan fingerprint density at radius 3 is 2.55 bits per heavy atom. The summed E-state index contributed by atoms with van der Waals surface area (Å²) in [7, 11) is 3.38. The lowest BCUT2D eigenvalue weighted by molar-refractivity contribution is 0.379. The zero-order valence-corrected chi connectivity index (χ0v) is 12.0. The van der Waals surface area contributed by atoms with E-state index < -0.39 is 0 Å². The number of nitrogens with zero attached hydrogens (tertiary/aromatic N) is 4. The number of aryl methyl sites for hydroxylation is 2. The van der Waals surface area contributed by atoms with Gasteiger partial charge in [0.1, 0.15) is 0 Å². The molecule has 7 heteroatoms. The number of hydrogen-bond donors (Lipinski definition) is 2. The zero-order valence-electron chi connectivity index (χ0n) is 12.0. The van der Waals surface area contributed by atoms with Crippen LogP contribution in [0.4, 0.5) is 17.6 Å². The standard InChI is InChI=1S/C13H18N6O/c1-8-5-6-10(9(2)7-8)19(3)12-15-11(18-14)16-13(17-12)20-4/h5-7H,14H2,1-4H3,(H,15,16,17,18). The first-order valence-electron chi connectivity index (χ1n) is 6.13. The Labute approximate surface area is 117 Å². The Bertz CT molecular complexity index is 594. The number of hydrazine groups is 1. The molecule has 0 bridgehead atoms. The molecule has 0 atom stereocenters. The van der Waals surface area contributed by atoms with Gasteiger partial charge in [-0.25, -0.2) is 5.84 Å². The van der Waals surface area contributed by atoms with E-state index in [0.29, 0.717) is 5.95 Å². The van der Waals surface area contributed by atoms with Crippen molar-refractivity contribution in [2.45, 2.75) is 13.8 Å². The van der Waals surface area contributed by atoms with Crippen LogP contribution >= 0.6 is 0 Å². The van der Waals surface area contributed by atoms with Crippen molar-refractivity contribution in [3.05, 3.63) is 29.3 Å². The molecule has 106 valence electrons. The molecule has 3 N–H and O–H groups in total. The third-order valence-corrected chi connectivity index (χ3v) is 2.93. The fraction of sp³-hybridized carbons (Fsp3) is 0.308. The lowest BCUT2D eigenvalue weighted by Gasteiger charge is -2.20. The molecule has 0 saturated heterocycles. The second-order valence-corrected chi connectivity index (χ2v) is 4.44. The van der Waals surface area contributed by atoms with Gasteiger partial charge in [-0.15, -0.1) is 0 Å². The molecule has 0 spiro atoms. The van der Waals surface area contributed by atoms with E-state index in [2.05, 4.69) is 33.4 Å². The zero-order chi connectivity index (χ0) is 14.7. The minimum absolute atomic E-state index is 0.208. The van der Waals surface area contributed by atoms with Crippen molar-refractivity contribution in [1.29, 1.82) is 0 Å². The van der Waals surface area contributed by atoms with E-state index in [1.165, 1.54) is 12.7 Å². The van der Waals surface area contributed by atoms with Crippen LogP contribution in [0.1, 0.15) is 11.1 Å². The summed E-state index contributed by atoms with van der Waals surface area (Å²) in [4.78, 5) is 14.3. The van der Waals surface area contributed by atoms with Crippen LogP contribution in [0, 0.1) is 13.8 Å². The maximum absolute atomic E-state index is 5.35. The number of benzene rings is 1. The highest BCUT2D eigenvalue weighted by Crippen LogP contribution is 2.26. The average Bonchev–Trinajstić information content (AvgIpc) is 2.46. The maximum Gasteiger partial charge on any atom is 0.322 e. The van der Waals surface area contributed by atoms with E-state index in [1.54, 1.807) is 0 Å². The molecular weight excluding hydrogens is 256 g/mol. The molecule has 0 amide bonds. The number of rotatable bonds is 4. The van der Waals surface area contributed by atoms with Gasteiger partial charge in [-0.1, -0.05) is 17.7 Å². The van der Waals surface area contributed by atoms with Gasteiger partial charge in [0, 0.05) is 12.7 Å². The summed E-state index contributed by atoms with van der Waals surface area (Å²) in [5, 5.41) is 0. The number of hydrogen-bond acceptors (Lipinski definition) is 7. The molecule has 1 aromatic heterocycles. The third kappa shape index (κ3) is 2.77. The number of nitrogens with two attached hydrogens (primary N) is 1. The Kier molecular flexibility index (Phi) is 3.99. The largest absolute Gasteiger partial charge is 0.467 e. The molecule has 0 radical (unpaired) electrons. The molecule has 2 rings (SSSR count). The summed E-state index contributed by atoms with van der Waals surface area (Å²) in [6.45, 7) is 4.10. The van der Waals surface area contributed by atoms with Gasteiger partial charge in [0.2, 0.25) is 11.9 Å². The van der Waals surface area contributed by atoms with Gasteiger partial charge < -0.3 is 9.64 Å². The first kappa shape index (κ1) is 14.0. The van der Waals surface area contributed by atoms with Crippen LogP contribution in [-0.4, -0.2) is 29.1 Å². The molecule has 2 aromatic rings. The SMILES string of the molecule is COc1nc(NN)nc(N(C)c2ccc(C)cc2C)n1. The molecule has 1 aromatic carbocycles. The second kappa shape index (κ2) is 5.70. The predicted octanol–water partition coefficient (Wildman–Crippen LogP) is 1.55. The van der Waals surface area contributed by atoms with Crippen molar-refractivity contribution in [1.82, 2.24) is 15.0 Å². The maximum atomic E-state index is 5.35. The van der Waals surface area contributed by atoms with Crippen LogP contribution in [0.25, 0.3) is 0 Å². The van der Waals surface area contributed by atoms with E-state index in [4.69, 9.17) is 10.6 Å². The van der Waals surface area contributed by atoms with Crippen LogP contribution < -0.4 is 20.9 Å². The van der Waals surface area contributed by atoms with Crippen molar-refractivity contribution in [3.8, 4) is 6.01 Å². The monoisotopic (exact) mass is 274 g/mol. The van der Waals surface area contributed by atoms with E-state index >= 15 is 0 Å². The van der Waals surface area contributed by atoms with Gasteiger partial charge >= 0.3 is 6.01 Å². The number of nitrogens with one attached hydrogen (secondary N) is 1. The van der Waals surface area contributed by atoms with Crippen LogP contribution in [0.5, 0.6) is 6.01 Å². The number of ether oxygens (including phenoxy) is 1. The van der Waals surface area contributed by atoms with Gasteiger partial charge in [-0.05, 0) is 25.5 Å². The van der Waals surface area contributed by atoms with Crippen molar-refractivity contribution in [3.63, 3.8) is 0 Å². The molecule has 0 aliphatic heterocycles. The highest BCUT2D eigenvalue weighted by molar-refractivity contribution is 5.62. The van der Waals surface area contributed by atoms with Gasteiger partial charge in [0.05, 0.1) is 7.11 Å². The quantitative estimate of drug-likeness (QED) is 0.645. The fourth-order valence-electron chi connectivity index (χ4n) is 1.94. The van der Waals surface area contributed by atoms with Crippen molar-refractivity contribution in [2.24, 2.45) is 5.84 Å². The first-order valence-corrected chi connectivity index (χ1v) is 6.13. The minimum atomic E-state index is 0.208. The lowest BCUT2D eigenvalue weighted by Crippen LogP contribution is -2.18. The number of aromatic nitrogens is 3. The molecular formula is C13H18N6O. The van der Waals surface area contributed by atoms with Crippen molar-refractivity contribution < 1.29 is 4.74 Å². The fourth-order valence-corrected chi connectivity index (χ4v) is 1.94. The Hall–Kier alpha value is -2.41. The van der Waals surface area contributed by atoms with Crippen LogP contribution in [0.15, 0.2) is 18.2 Å². The molecule has 0 aliphatic rings. The average molecular weight is 274 g/mol. The summed E-state index contributed by atoms with van der Waals surface area (Å²) in [5.74, 6) is 6.06. The van der Waals surface area contributed by atoms with Crippen LogP contribution in [0.2, 0.25) is 0 Å². The van der Waals surface area contributed by atoms with E-state index in [0.717, 1.165) is 11.3 Å². The van der Waals surface area contributed by atoms with Crippen LogP contribution in [0.3, 0.4) is 0 Å². The van der Waals surface area contributed by atoms with E-state index in [-0.39, 0.29) is 12.0 Å². The minimum Gasteiger partial charge on any atom is -0.467 e. The summed E-state index contributed by atoms with van der Waals surface area (Å²) in [6.07, 6.45) is 0. The van der Waals surface area contributed by atoms with Gasteiger partial charge in [-0.2, -0.15) is 15.0 Å². The van der Waals surface area contributed by atoms with Crippen molar-refractivity contribution in [2.75, 3.05) is 24.5 Å². The van der Waals surface area contributed by atoms with Crippen LogP contribution in [-0.2, 0) is 0 Å². The highest BCUT2D eigenvalue weighted by Gasteiger charge is 2.13. The molecule has 0 aliphatic carbocycles. The third-order valence-electron chi connectivity index (χ3n) is 2.93. The van der Waals surface area contributed by atoms with Crippen molar-refractivity contribution >= 4 is 17.6 Å². The predicted molar refractivity (Wildman–Crippen MR) is 78.2 cm³/mol. The summed E-state index contributed by atoms with van der Waals surface area (Å²) >= 11 is 0. The molecule has 0 unspecified atom stereocenters.